The third-order valence-electron chi connectivity index (χ3n) is 6.18. The molecule has 0 saturated heterocycles. The maximum absolute atomic E-state index is 12.9. The summed E-state index contributed by atoms with van der Waals surface area (Å²) in [6, 6.07) is 9.92. The first-order valence-electron chi connectivity index (χ1n) is 11.0. The molecule has 2 aliphatic rings. The number of aromatic hydroxyl groups is 2. The quantitative estimate of drug-likeness (QED) is 0.374. The summed E-state index contributed by atoms with van der Waals surface area (Å²) in [5.41, 5.74) is 2.35. The topological polar surface area (TPSA) is 109 Å². The largest absolute Gasteiger partial charge is 0.504 e. The Morgan fingerprint density at radius 3 is 2.64 bits per heavy atom. The first-order chi connectivity index (χ1) is 17.2. The van der Waals surface area contributed by atoms with Gasteiger partial charge in [-0.1, -0.05) is 41.6 Å². The smallest absolute Gasteiger partial charge is 0.395 e. The number of carbonyl (C=O) groups excluding carboxylic acids is 1. The van der Waals surface area contributed by atoms with E-state index in [-0.39, 0.29) is 48.7 Å². The van der Waals surface area contributed by atoms with Gasteiger partial charge in [0.15, 0.2) is 17.3 Å². The number of carbonyl (C=O) groups is 1. The number of hydrogen-bond donors (Lipinski definition) is 2. The van der Waals surface area contributed by atoms with Gasteiger partial charge in [-0.2, -0.15) is 18.2 Å². The maximum atomic E-state index is 12.9. The molecule has 0 bridgehead atoms. The zero-order chi connectivity index (χ0) is 25.4. The second-order valence-corrected chi connectivity index (χ2v) is 8.45. The lowest BCUT2D eigenvalue weighted by Crippen LogP contribution is -2.23. The van der Waals surface area contributed by atoms with E-state index >= 15 is 0 Å². The number of fused-ring (bicyclic) bond motifs is 1. The standard InChI is InChI=1S/C25H20F3N3O5/c26-25(27,28)15-7-5-14(6-8-15)24-29-23(30-36-24)11-31(13-32)19-4-2-1-3-16(19)18-12-35-22-10-21(34)20(33)9-17(18)22/h1-7,9-10,13,15,18,33-34H,8,11-12H2. The number of phenols is 2. The van der Waals surface area contributed by atoms with Crippen LogP contribution in [0.15, 0.2) is 59.1 Å². The lowest BCUT2D eigenvalue weighted by molar-refractivity contribution is -0.160. The van der Waals surface area contributed by atoms with E-state index in [1.165, 1.54) is 29.2 Å². The van der Waals surface area contributed by atoms with Gasteiger partial charge in [-0.15, -0.1) is 0 Å². The number of amides is 1. The summed E-state index contributed by atoms with van der Waals surface area (Å²) in [7, 11) is 0. The van der Waals surface area contributed by atoms with Gasteiger partial charge in [0.25, 0.3) is 5.89 Å². The van der Waals surface area contributed by atoms with E-state index in [2.05, 4.69) is 10.1 Å². The van der Waals surface area contributed by atoms with Crippen molar-refractivity contribution in [2.45, 2.75) is 25.1 Å². The highest BCUT2D eigenvalue weighted by atomic mass is 19.4. The monoisotopic (exact) mass is 499 g/mol. The Bertz CT molecular complexity index is 1370. The van der Waals surface area contributed by atoms with E-state index < -0.39 is 12.1 Å². The number of aromatic nitrogens is 2. The molecule has 5 rings (SSSR count). The number of alkyl halides is 3. The Morgan fingerprint density at radius 2 is 1.92 bits per heavy atom. The fourth-order valence-corrected chi connectivity index (χ4v) is 4.32. The third kappa shape index (κ3) is 4.39. The number of phenolic OH excluding ortho intramolecular Hbond substituents is 2. The predicted octanol–water partition coefficient (Wildman–Crippen LogP) is 4.69. The fraction of sp³-hybridized carbons (Fsp3) is 0.240. The first kappa shape index (κ1) is 23.5. The Hall–Kier alpha value is -4.28. The van der Waals surface area contributed by atoms with Gasteiger partial charge in [0.2, 0.25) is 6.41 Å². The van der Waals surface area contributed by atoms with Crippen molar-refractivity contribution in [1.29, 1.82) is 0 Å². The van der Waals surface area contributed by atoms with Crippen molar-refractivity contribution < 1.29 is 37.4 Å². The number of halogens is 3. The Kier molecular flexibility index (Phi) is 5.91. The number of benzene rings is 2. The lowest BCUT2D eigenvalue weighted by atomic mass is 9.91. The molecule has 3 aromatic rings. The molecular weight excluding hydrogens is 479 g/mol. The highest BCUT2D eigenvalue weighted by Gasteiger charge is 2.38. The summed E-state index contributed by atoms with van der Waals surface area (Å²) in [6.07, 6.45) is -0.164. The Balaban J connectivity index is 1.38. The highest BCUT2D eigenvalue weighted by molar-refractivity contribution is 5.78. The van der Waals surface area contributed by atoms with Crippen LogP contribution in [-0.2, 0) is 11.3 Å². The molecule has 2 heterocycles. The summed E-state index contributed by atoms with van der Waals surface area (Å²) >= 11 is 0. The molecule has 0 fully saturated rings. The number of rotatable bonds is 6. The molecule has 2 unspecified atom stereocenters. The molecule has 8 nitrogen and oxygen atoms in total. The normalized spacial score (nSPS) is 18.9. The first-order valence-corrected chi connectivity index (χ1v) is 11.0. The van der Waals surface area contributed by atoms with Crippen LogP contribution >= 0.6 is 0 Å². The second kappa shape index (κ2) is 9.06. The number of nitrogens with zero attached hydrogens (tertiary/aromatic N) is 3. The molecule has 2 aromatic carbocycles. The van der Waals surface area contributed by atoms with E-state index in [1.807, 2.05) is 12.1 Å². The van der Waals surface area contributed by atoms with Crippen LogP contribution in [0.3, 0.4) is 0 Å². The van der Waals surface area contributed by atoms with Gasteiger partial charge in [0.1, 0.15) is 5.75 Å². The van der Waals surface area contributed by atoms with Crippen molar-refractivity contribution in [2.75, 3.05) is 11.5 Å². The summed E-state index contributed by atoms with van der Waals surface area (Å²) in [6.45, 7) is 0.196. The van der Waals surface area contributed by atoms with Gasteiger partial charge < -0.3 is 24.4 Å². The Morgan fingerprint density at radius 1 is 1.14 bits per heavy atom. The van der Waals surface area contributed by atoms with Crippen molar-refractivity contribution >= 4 is 17.7 Å². The second-order valence-electron chi connectivity index (χ2n) is 8.45. The maximum Gasteiger partial charge on any atom is 0.395 e. The zero-order valence-corrected chi connectivity index (χ0v) is 18.6. The van der Waals surface area contributed by atoms with Crippen molar-refractivity contribution in [2.24, 2.45) is 5.92 Å². The minimum Gasteiger partial charge on any atom is -0.504 e. The molecule has 0 radical (unpaired) electrons. The van der Waals surface area contributed by atoms with Gasteiger partial charge in [0.05, 0.1) is 19.1 Å². The molecule has 1 aliphatic heterocycles. The summed E-state index contributed by atoms with van der Waals surface area (Å²) in [4.78, 5) is 17.7. The number of anilines is 1. The van der Waals surface area contributed by atoms with Crippen LogP contribution in [0.4, 0.5) is 18.9 Å². The van der Waals surface area contributed by atoms with E-state index in [9.17, 15) is 28.2 Å². The van der Waals surface area contributed by atoms with E-state index in [1.54, 1.807) is 12.1 Å². The van der Waals surface area contributed by atoms with Crippen LogP contribution in [0.25, 0.3) is 5.57 Å². The molecule has 1 aliphatic carbocycles. The molecule has 0 saturated carbocycles. The summed E-state index contributed by atoms with van der Waals surface area (Å²) < 4.78 is 49.6. The number of ether oxygens (including phenoxy) is 1. The van der Waals surface area contributed by atoms with Gasteiger partial charge >= 0.3 is 6.18 Å². The molecule has 36 heavy (non-hydrogen) atoms. The number of allylic oxidation sites excluding steroid dienone is 4. The highest BCUT2D eigenvalue weighted by Crippen LogP contribution is 2.45. The molecule has 2 N–H and O–H groups in total. The molecule has 0 spiro atoms. The van der Waals surface area contributed by atoms with E-state index in [0.29, 0.717) is 29.0 Å². The average Bonchev–Trinajstić information content (AvgIpc) is 3.49. The minimum atomic E-state index is -4.32. The average molecular weight is 499 g/mol. The van der Waals surface area contributed by atoms with Gasteiger partial charge in [0, 0.05) is 28.8 Å². The summed E-state index contributed by atoms with van der Waals surface area (Å²) in [5.74, 6) is -1.76. The van der Waals surface area contributed by atoms with Crippen molar-refractivity contribution in [3.63, 3.8) is 0 Å². The summed E-state index contributed by atoms with van der Waals surface area (Å²) in [5, 5.41) is 23.6. The SMILES string of the molecule is O=CN(Cc1noc(C2=CCC(C(F)(F)F)C=C2)n1)c1ccccc1C1COc2cc(O)c(O)cc21. The number of para-hydroxylation sites is 1. The van der Waals surface area contributed by atoms with Crippen LogP contribution in [-0.4, -0.2) is 39.5 Å². The Labute approximate surface area is 202 Å². The predicted molar refractivity (Wildman–Crippen MR) is 121 cm³/mol. The van der Waals surface area contributed by atoms with Gasteiger partial charge in [-0.3, -0.25) is 4.79 Å². The van der Waals surface area contributed by atoms with Crippen LogP contribution in [0.1, 0.15) is 35.2 Å². The minimum absolute atomic E-state index is 0.0482. The van der Waals surface area contributed by atoms with Gasteiger partial charge in [-0.25, -0.2) is 0 Å². The van der Waals surface area contributed by atoms with Crippen molar-refractivity contribution in [1.82, 2.24) is 10.1 Å². The van der Waals surface area contributed by atoms with Crippen LogP contribution in [0.5, 0.6) is 17.2 Å². The fourth-order valence-electron chi connectivity index (χ4n) is 4.32. The third-order valence-corrected chi connectivity index (χ3v) is 6.18. The van der Waals surface area contributed by atoms with Crippen LogP contribution < -0.4 is 9.64 Å². The lowest BCUT2D eigenvalue weighted by Gasteiger charge is -2.22. The molecular formula is C25H20F3N3O5. The molecule has 11 heteroatoms. The van der Waals surface area contributed by atoms with E-state index in [4.69, 9.17) is 9.26 Å². The molecule has 2 atom stereocenters. The van der Waals surface area contributed by atoms with Crippen molar-refractivity contribution in [3.8, 4) is 17.2 Å². The number of hydrogen-bond acceptors (Lipinski definition) is 7. The molecule has 186 valence electrons. The van der Waals surface area contributed by atoms with Crippen LogP contribution in [0.2, 0.25) is 0 Å². The zero-order valence-electron chi connectivity index (χ0n) is 18.6. The van der Waals surface area contributed by atoms with Crippen molar-refractivity contribution in [3.05, 3.63) is 77.5 Å². The molecule has 1 aromatic heterocycles. The van der Waals surface area contributed by atoms with Gasteiger partial charge in [-0.05, 0) is 24.1 Å². The van der Waals surface area contributed by atoms with E-state index in [0.717, 1.165) is 11.6 Å². The van der Waals surface area contributed by atoms with Crippen LogP contribution in [0, 0.1) is 5.92 Å². The molecule has 1 amide bonds.